The first-order valence-electron chi connectivity index (χ1n) is 4.63. The Morgan fingerprint density at radius 1 is 1.73 bits per heavy atom. The summed E-state index contributed by atoms with van der Waals surface area (Å²) in [5.74, 6) is -0.519. The molecule has 0 spiro atoms. The van der Waals surface area contributed by atoms with Crippen LogP contribution in [0.25, 0.3) is 0 Å². The predicted octanol–water partition coefficient (Wildman–Crippen LogP) is -0.0415. The van der Waals surface area contributed by atoms with Crippen LogP contribution >= 0.6 is 12.2 Å². The van der Waals surface area contributed by atoms with E-state index in [4.69, 9.17) is 22.2 Å². The average Bonchev–Trinajstić information content (AvgIpc) is 2.76. The summed E-state index contributed by atoms with van der Waals surface area (Å²) >= 11 is 4.82. The number of carbonyl (C=O) groups excluding carboxylic acids is 1. The van der Waals surface area contributed by atoms with Gasteiger partial charge >= 0.3 is 5.97 Å². The molecule has 1 fully saturated rings. The van der Waals surface area contributed by atoms with Crippen LogP contribution in [0.1, 0.15) is 12.8 Å². The molecule has 0 radical (unpaired) electrons. The highest BCUT2D eigenvalue weighted by Gasteiger charge is 2.24. The quantitative estimate of drug-likeness (QED) is 0.620. The first kappa shape index (κ1) is 10.2. The van der Waals surface area contributed by atoms with Crippen molar-refractivity contribution in [2.24, 2.45) is 0 Å². The molecule has 7 heteroatoms. The number of hydrogen-bond acceptors (Lipinski definition) is 5. The molecule has 82 valence electrons. The smallest absolute Gasteiger partial charge is 0.349 e. The molecule has 0 bridgehead atoms. The molecule has 1 aliphatic rings. The van der Waals surface area contributed by atoms with Gasteiger partial charge in [-0.2, -0.15) is 0 Å². The molecule has 0 amide bonds. The monoisotopic (exact) mass is 229 g/mol. The van der Waals surface area contributed by atoms with E-state index in [0.29, 0.717) is 0 Å². The fourth-order valence-corrected chi connectivity index (χ4v) is 1.68. The molecule has 1 aliphatic heterocycles. The van der Waals surface area contributed by atoms with Gasteiger partial charge in [0, 0.05) is 0 Å². The van der Waals surface area contributed by atoms with Crippen molar-refractivity contribution in [2.45, 2.75) is 18.9 Å². The largest absolute Gasteiger partial charge is 0.493 e. The molecule has 1 aromatic heterocycles. The van der Waals surface area contributed by atoms with Crippen molar-refractivity contribution in [3.63, 3.8) is 0 Å². The standard InChI is InChI=1S/C8H11N3O3S/c12-6-4-11(8(15)10-6)14-7(13)5-2-1-3-9-5/h4-5,9,12H,1-3H2,(H,10,15)/t5-/m0/s1. The Balaban J connectivity index is 2.05. The number of hydrogen-bond donors (Lipinski definition) is 3. The second-order valence-electron chi connectivity index (χ2n) is 3.33. The van der Waals surface area contributed by atoms with Gasteiger partial charge in [-0.1, -0.05) is 0 Å². The lowest BCUT2D eigenvalue weighted by Crippen LogP contribution is -2.37. The molecule has 1 saturated heterocycles. The van der Waals surface area contributed by atoms with E-state index in [1.54, 1.807) is 0 Å². The van der Waals surface area contributed by atoms with Gasteiger partial charge in [-0.25, -0.2) is 4.79 Å². The number of H-pyrrole nitrogens is 1. The normalized spacial score (nSPS) is 20.4. The highest BCUT2D eigenvalue weighted by molar-refractivity contribution is 7.71. The minimum atomic E-state index is -0.386. The van der Waals surface area contributed by atoms with Crippen LogP contribution in [-0.4, -0.2) is 33.4 Å². The number of aromatic hydroxyl groups is 1. The van der Waals surface area contributed by atoms with Crippen LogP contribution in [0.15, 0.2) is 6.20 Å². The zero-order chi connectivity index (χ0) is 10.8. The van der Waals surface area contributed by atoms with Crippen LogP contribution in [0.3, 0.4) is 0 Å². The van der Waals surface area contributed by atoms with Gasteiger partial charge in [0.1, 0.15) is 12.2 Å². The molecule has 6 nitrogen and oxygen atoms in total. The van der Waals surface area contributed by atoms with Crippen LogP contribution in [0.5, 0.6) is 5.88 Å². The van der Waals surface area contributed by atoms with Crippen LogP contribution < -0.4 is 10.2 Å². The average molecular weight is 229 g/mol. The third kappa shape index (κ3) is 2.18. The Morgan fingerprint density at radius 3 is 3.07 bits per heavy atom. The molecule has 0 aromatic carbocycles. The lowest BCUT2D eigenvalue weighted by atomic mass is 10.2. The minimum Gasteiger partial charge on any atom is -0.493 e. The van der Waals surface area contributed by atoms with Crippen molar-refractivity contribution in [1.29, 1.82) is 0 Å². The molecule has 2 heterocycles. The minimum absolute atomic E-state index is 0.132. The first-order valence-corrected chi connectivity index (χ1v) is 5.04. The summed E-state index contributed by atoms with van der Waals surface area (Å²) < 4.78 is 1.20. The van der Waals surface area contributed by atoms with Gasteiger partial charge in [-0.05, 0) is 31.6 Å². The number of nitrogens with zero attached hydrogens (tertiary/aromatic N) is 1. The lowest BCUT2D eigenvalue weighted by molar-refractivity contribution is -0.146. The van der Waals surface area contributed by atoms with E-state index in [2.05, 4.69) is 10.3 Å². The number of nitrogens with one attached hydrogen (secondary N) is 2. The van der Waals surface area contributed by atoms with Crippen molar-refractivity contribution < 1.29 is 14.7 Å². The third-order valence-corrected chi connectivity index (χ3v) is 2.49. The van der Waals surface area contributed by atoms with E-state index >= 15 is 0 Å². The van der Waals surface area contributed by atoms with Gasteiger partial charge in [0.25, 0.3) is 0 Å². The van der Waals surface area contributed by atoms with Gasteiger partial charge < -0.3 is 15.3 Å². The molecule has 15 heavy (non-hydrogen) atoms. The van der Waals surface area contributed by atoms with Crippen LogP contribution in [0.2, 0.25) is 0 Å². The van der Waals surface area contributed by atoms with Crippen molar-refractivity contribution in [2.75, 3.05) is 6.54 Å². The summed E-state index contributed by atoms with van der Waals surface area (Å²) in [6.07, 6.45) is 2.95. The Hall–Kier alpha value is -1.34. The fourth-order valence-electron chi connectivity index (χ4n) is 1.48. The van der Waals surface area contributed by atoms with Crippen molar-refractivity contribution in [1.82, 2.24) is 15.0 Å². The fraction of sp³-hybridized carbons (Fsp3) is 0.500. The number of carbonyl (C=O) groups is 1. The molecule has 1 atom stereocenters. The summed E-state index contributed by atoms with van der Waals surface area (Å²) in [7, 11) is 0. The van der Waals surface area contributed by atoms with E-state index < -0.39 is 0 Å². The third-order valence-electron chi connectivity index (χ3n) is 2.21. The van der Waals surface area contributed by atoms with Gasteiger partial charge in [-0.3, -0.25) is 4.98 Å². The highest BCUT2D eigenvalue weighted by Crippen LogP contribution is 2.07. The SMILES string of the molecule is O=C(On1cc(O)[nH]c1=S)[C@@H]1CCCN1. The van der Waals surface area contributed by atoms with Gasteiger partial charge in [0.05, 0.1) is 0 Å². The van der Waals surface area contributed by atoms with Crippen LogP contribution in [-0.2, 0) is 4.79 Å². The molecule has 3 N–H and O–H groups in total. The summed E-state index contributed by atoms with van der Waals surface area (Å²) in [6.45, 7) is 0.823. The summed E-state index contributed by atoms with van der Waals surface area (Å²) in [4.78, 5) is 18.9. The molecular formula is C8H11N3O3S. The number of rotatable bonds is 2. The maximum Gasteiger partial charge on any atom is 0.349 e. The molecule has 0 aliphatic carbocycles. The van der Waals surface area contributed by atoms with E-state index in [-0.39, 0.29) is 22.7 Å². The number of aromatic nitrogens is 2. The number of imidazole rings is 1. The summed E-state index contributed by atoms with van der Waals surface area (Å²) in [6, 6.07) is -0.274. The zero-order valence-electron chi connectivity index (χ0n) is 7.90. The molecule has 1 aromatic rings. The first-order chi connectivity index (χ1) is 7.16. The Labute approximate surface area is 90.8 Å². The zero-order valence-corrected chi connectivity index (χ0v) is 8.71. The second kappa shape index (κ2) is 4.03. The van der Waals surface area contributed by atoms with Crippen LogP contribution in [0.4, 0.5) is 0 Å². The Kier molecular flexibility index (Phi) is 2.74. The van der Waals surface area contributed by atoms with Gasteiger partial charge in [-0.15, -0.1) is 4.73 Å². The van der Waals surface area contributed by atoms with E-state index in [1.165, 1.54) is 6.20 Å². The molecular weight excluding hydrogens is 218 g/mol. The highest BCUT2D eigenvalue weighted by atomic mass is 32.1. The van der Waals surface area contributed by atoms with Crippen molar-refractivity contribution in [3.05, 3.63) is 11.0 Å². The predicted molar refractivity (Wildman–Crippen MR) is 53.9 cm³/mol. The second-order valence-corrected chi connectivity index (χ2v) is 3.72. The maximum absolute atomic E-state index is 11.5. The lowest BCUT2D eigenvalue weighted by Gasteiger charge is -2.08. The van der Waals surface area contributed by atoms with Gasteiger partial charge in [0.2, 0.25) is 10.7 Å². The van der Waals surface area contributed by atoms with E-state index in [9.17, 15) is 4.79 Å². The summed E-state index contributed by atoms with van der Waals surface area (Å²) in [5, 5.41) is 12.1. The van der Waals surface area contributed by atoms with Crippen molar-refractivity contribution >= 4 is 18.2 Å². The van der Waals surface area contributed by atoms with Crippen molar-refractivity contribution in [3.8, 4) is 5.88 Å². The molecule has 0 unspecified atom stereocenters. The topological polar surface area (TPSA) is 79.3 Å². The van der Waals surface area contributed by atoms with Crippen LogP contribution in [0, 0.1) is 4.77 Å². The Morgan fingerprint density at radius 2 is 2.53 bits per heavy atom. The van der Waals surface area contributed by atoms with E-state index in [0.717, 1.165) is 24.1 Å². The molecule has 2 rings (SSSR count). The summed E-state index contributed by atoms with van der Waals surface area (Å²) in [5.41, 5.74) is 0. The maximum atomic E-state index is 11.5. The van der Waals surface area contributed by atoms with Gasteiger partial charge in [0.15, 0.2) is 0 Å². The molecule has 0 saturated carbocycles. The van der Waals surface area contributed by atoms with E-state index in [1.807, 2.05) is 0 Å². The number of aromatic amines is 1. The Bertz CT molecular complexity index is 419.